The summed E-state index contributed by atoms with van der Waals surface area (Å²) in [5, 5.41) is 26.2. The van der Waals surface area contributed by atoms with E-state index in [1.54, 1.807) is 0 Å². The number of methoxy groups -OCH3 is 1. The normalized spacial score (nSPS) is 45.1. The Balaban J connectivity index is 0.00000205. The van der Waals surface area contributed by atoms with E-state index in [1.807, 2.05) is 25.1 Å². The van der Waals surface area contributed by atoms with Gasteiger partial charge in [0.25, 0.3) is 0 Å². The molecule has 5 aliphatic rings. The van der Waals surface area contributed by atoms with Crippen molar-refractivity contribution in [3.63, 3.8) is 0 Å². The third-order valence-corrected chi connectivity index (χ3v) is 8.64. The maximum atomic E-state index is 13.5. The molecule has 0 amide bonds. The van der Waals surface area contributed by atoms with Gasteiger partial charge in [-0.25, -0.2) is 0 Å². The fourth-order valence-electron chi connectivity index (χ4n) is 7.70. The van der Waals surface area contributed by atoms with Gasteiger partial charge in [-0.15, -0.1) is 0 Å². The molecular formula is C22H30N2O5. The van der Waals surface area contributed by atoms with Crippen molar-refractivity contribution in [2.75, 3.05) is 39.2 Å². The van der Waals surface area contributed by atoms with Crippen molar-refractivity contribution in [1.29, 1.82) is 0 Å². The first-order valence-electron chi connectivity index (χ1n) is 10.1. The minimum absolute atomic E-state index is 0. The van der Waals surface area contributed by atoms with Crippen molar-refractivity contribution in [3.05, 3.63) is 41.5 Å². The summed E-state index contributed by atoms with van der Waals surface area (Å²) in [7, 11) is 3.59. The second kappa shape index (κ2) is 6.04. The van der Waals surface area contributed by atoms with E-state index < -0.39 is 22.6 Å². The molecule has 4 N–H and O–H groups in total. The van der Waals surface area contributed by atoms with Crippen LogP contribution in [0.15, 0.2) is 35.9 Å². The summed E-state index contributed by atoms with van der Waals surface area (Å²) in [4.78, 5) is 13.5. The predicted molar refractivity (Wildman–Crippen MR) is 106 cm³/mol. The highest BCUT2D eigenvalue weighted by atomic mass is 16.5. The number of carbonyl (C=O) groups is 1. The fraction of sp³-hybridized carbons (Fsp3) is 0.591. The van der Waals surface area contributed by atoms with Gasteiger partial charge in [0, 0.05) is 18.0 Å². The van der Waals surface area contributed by atoms with Crippen LogP contribution < -0.4 is 5.32 Å². The minimum Gasteiger partial charge on any atom is -0.870 e. The molecule has 6 atom stereocenters. The number of quaternary nitrogens is 1. The van der Waals surface area contributed by atoms with E-state index in [1.165, 1.54) is 7.11 Å². The maximum absolute atomic E-state index is 13.5. The standard InChI is InChI=1S/C22H29N2O4.H2O/c1-4-14-12-24(2)10-9-21-15-7-5-6-8-17(15)23-22(21,24)18(26)11-16(14)20(21,13-25)19(27)28-3;/h4-8,16,18,23,25-26H,9-13H2,1-3H3;1H2/q+1;/p-1/b14-4-;/t16-,18-,20+,21-,22-,24?;/m0./s1. The zero-order valence-electron chi connectivity index (χ0n) is 17.2. The van der Waals surface area contributed by atoms with Crippen LogP contribution in [0.4, 0.5) is 5.69 Å². The predicted octanol–water partition coefficient (Wildman–Crippen LogP) is 1.21. The third-order valence-electron chi connectivity index (χ3n) is 8.64. The molecule has 0 radical (unpaired) electrons. The summed E-state index contributed by atoms with van der Waals surface area (Å²) in [6.07, 6.45) is 2.59. The van der Waals surface area contributed by atoms with Crippen molar-refractivity contribution in [1.82, 2.24) is 0 Å². The molecule has 6 rings (SSSR count). The van der Waals surface area contributed by atoms with Gasteiger partial charge in [-0.3, -0.25) is 9.28 Å². The van der Waals surface area contributed by atoms with Crippen molar-refractivity contribution < 1.29 is 29.7 Å². The van der Waals surface area contributed by atoms with E-state index in [-0.39, 0.29) is 24.0 Å². The number of benzene rings is 1. The van der Waals surface area contributed by atoms with Crippen LogP contribution in [-0.4, -0.2) is 71.8 Å². The number of para-hydroxylation sites is 1. The number of carbonyl (C=O) groups excluding carboxylic acids is 1. The zero-order valence-corrected chi connectivity index (χ0v) is 17.2. The smallest absolute Gasteiger partial charge is 0.316 e. The number of hydrogen-bond acceptors (Lipinski definition) is 6. The number of allylic oxidation sites excluding steroid dienone is 1. The molecule has 1 unspecified atom stereocenters. The van der Waals surface area contributed by atoms with Crippen molar-refractivity contribution in [2.24, 2.45) is 11.3 Å². The largest absolute Gasteiger partial charge is 0.870 e. The van der Waals surface area contributed by atoms with Gasteiger partial charge in [-0.2, -0.15) is 0 Å². The van der Waals surface area contributed by atoms with E-state index in [0.717, 1.165) is 29.9 Å². The molecule has 1 aromatic carbocycles. The van der Waals surface area contributed by atoms with Gasteiger partial charge < -0.3 is 25.7 Å². The molecule has 1 aromatic rings. The van der Waals surface area contributed by atoms with Crippen molar-refractivity contribution in [2.45, 2.75) is 36.9 Å². The first kappa shape index (κ1) is 20.3. The number of rotatable bonds is 2. The molecule has 1 aliphatic carbocycles. The number of nitrogens with zero attached hydrogens (tertiary/aromatic N) is 1. The highest BCUT2D eigenvalue weighted by molar-refractivity contribution is 5.85. The molecule has 3 saturated heterocycles. The fourth-order valence-corrected chi connectivity index (χ4v) is 7.70. The number of hydrogen-bond donors (Lipinski definition) is 3. The lowest BCUT2D eigenvalue weighted by Crippen LogP contribution is -2.78. The Morgan fingerprint density at radius 2 is 2.14 bits per heavy atom. The summed E-state index contributed by atoms with van der Waals surface area (Å²) in [6, 6.07) is 8.04. The van der Waals surface area contributed by atoms with Crippen LogP contribution in [0.3, 0.4) is 0 Å². The van der Waals surface area contributed by atoms with E-state index in [2.05, 4.69) is 24.5 Å². The Bertz CT molecular complexity index is 903. The second-order valence-electron chi connectivity index (χ2n) is 9.16. The lowest BCUT2D eigenvalue weighted by atomic mass is 9.45. The second-order valence-corrected chi connectivity index (χ2v) is 9.16. The van der Waals surface area contributed by atoms with Gasteiger partial charge in [-0.05, 0) is 30.5 Å². The lowest BCUT2D eigenvalue weighted by molar-refractivity contribution is -0.944. The van der Waals surface area contributed by atoms with Crippen molar-refractivity contribution in [3.8, 4) is 0 Å². The maximum Gasteiger partial charge on any atom is 0.316 e. The first-order valence-corrected chi connectivity index (χ1v) is 10.1. The summed E-state index contributed by atoms with van der Waals surface area (Å²) in [5.74, 6) is -0.629. The lowest BCUT2D eigenvalue weighted by Gasteiger charge is -2.58. The molecule has 4 bridgehead atoms. The number of aliphatic hydroxyl groups excluding tert-OH is 2. The van der Waals surface area contributed by atoms with Crippen LogP contribution in [0.2, 0.25) is 0 Å². The van der Waals surface area contributed by atoms with Gasteiger partial charge in [0.15, 0.2) is 0 Å². The van der Waals surface area contributed by atoms with E-state index >= 15 is 0 Å². The molecule has 7 heteroatoms. The highest BCUT2D eigenvalue weighted by Gasteiger charge is 2.88. The first-order chi connectivity index (χ1) is 13.4. The summed E-state index contributed by atoms with van der Waals surface area (Å²) < 4.78 is 5.98. The van der Waals surface area contributed by atoms with Crippen LogP contribution in [0.5, 0.6) is 0 Å². The molecule has 4 fully saturated rings. The van der Waals surface area contributed by atoms with E-state index in [0.29, 0.717) is 17.3 Å². The number of aliphatic hydroxyl groups is 2. The molecule has 4 heterocycles. The number of ether oxygens (including phenoxy) is 1. The van der Waals surface area contributed by atoms with Crippen molar-refractivity contribution >= 4 is 11.7 Å². The molecular weight excluding hydrogens is 372 g/mol. The van der Waals surface area contributed by atoms with Gasteiger partial charge in [0.05, 0.1) is 32.7 Å². The van der Waals surface area contributed by atoms with Gasteiger partial charge >= 0.3 is 5.97 Å². The Morgan fingerprint density at radius 1 is 1.41 bits per heavy atom. The Morgan fingerprint density at radius 3 is 2.79 bits per heavy atom. The Hall–Kier alpha value is -1.93. The van der Waals surface area contributed by atoms with Crippen LogP contribution in [0, 0.1) is 11.3 Å². The van der Waals surface area contributed by atoms with Crippen LogP contribution >= 0.6 is 0 Å². The molecule has 0 aromatic heterocycles. The number of fused-ring (bicyclic) bond motifs is 3. The van der Waals surface area contributed by atoms with Gasteiger partial charge in [0.1, 0.15) is 18.1 Å². The average molecular weight is 402 g/mol. The quantitative estimate of drug-likeness (QED) is 0.390. The Labute approximate surface area is 170 Å². The van der Waals surface area contributed by atoms with Crippen LogP contribution in [-0.2, 0) is 14.9 Å². The van der Waals surface area contributed by atoms with E-state index in [9.17, 15) is 15.0 Å². The summed E-state index contributed by atoms with van der Waals surface area (Å²) in [6.45, 7) is 3.26. The Kier molecular flexibility index (Phi) is 4.24. The molecule has 1 spiro atoms. The highest BCUT2D eigenvalue weighted by Crippen LogP contribution is 2.74. The summed E-state index contributed by atoms with van der Waals surface area (Å²) >= 11 is 0. The molecule has 29 heavy (non-hydrogen) atoms. The average Bonchev–Trinajstić information content (AvgIpc) is 3.12. The zero-order chi connectivity index (χ0) is 19.9. The number of likely N-dealkylation sites (N-methyl/N-ethyl adjacent to an activating group) is 1. The summed E-state index contributed by atoms with van der Waals surface area (Å²) in [5.41, 5.74) is 0.476. The van der Waals surface area contributed by atoms with Crippen LogP contribution in [0.1, 0.15) is 25.3 Å². The topological polar surface area (TPSA) is 109 Å². The number of nitrogens with one attached hydrogen (secondary N) is 1. The van der Waals surface area contributed by atoms with E-state index in [4.69, 9.17) is 4.74 Å². The molecule has 158 valence electrons. The molecule has 7 nitrogen and oxygen atoms in total. The number of anilines is 1. The number of esters is 1. The minimum atomic E-state index is -1.13. The SMILES string of the molecule is C/C=C1/C[N+]2(C)CC[C@@]34c5ccccc5N[C@]32[C@@H](O)C[C@@H]1[C@]4(CO)C(=O)OC.[OH-]. The van der Waals surface area contributed by atoms with Gasteiger partial charge in [0.2, 0.25) is 5.66 Å². The molecule has 1 saturated carbocycles. The molecule has 4 aliphatic heterocycles. The van der Waals surface area contributed by atoms with Crippen LogP contribution in [0.25, 0.3) is 0 Å². The third kappa shape index (κ3) is 1.78. The van der Waals surface area contributed by atoms with Gasteiger partial charge in [-0.1, -0.05) is 24.3 Å². The monoisotopic (exact) mass is 402 g/mol.